The normalized spacial score (nSPS) is 15.8. The Morgan fingerprint density at radius 3 is 2.69 bits per heavy atom. The van der Waals surface area contributed by atoms with Gasteiger partial charge in [0.15, 0.2) is 0 Å². The molecule has 1 amide bonds. The van der Waals surface area contributed by atoms with E-state index in [4.69, 9.17) is 5.11 Å². The smallest absolute Gasteiger partial charge is 0.254 e. The Bertz CT molecular complexity index is 411. The number of amides is 1. The summed E-state index contributed by atoms with van der Waals surface area (Å²) in [6.45, 7) is 2.87. The standard InChI is InChI=1S/C12H16N2O2/c1-8-5-9(3-4-11(8)13-2)12(16)14-6-10(15)7-14/h3-5,10,13,15H,6-7H2,1-2H3. The first-order chi connectivity index (χ1) is 7.61. The summed E-state index contributed by atoms with van der Waals surface area (Å²) in [7, 11) is 1.86. The summed E-state index contributed by atoms with van der Waals surface area (Å²) in [6.07, 6.45) is -0.346. The van der Waals surface area contributed by atoms with Gasteiger partial charge in [-0.25, -0.2) is 0 Å². The molecule has 1 heterocycles. The number of β-amino-alcohol motifs (C(OH)–C–C–N with tert-alkyl or cyclic N) is 1. The third-order valence-electron chi connectivity index (χ3n) is 2.89. The Kier molecular flexibility index (Phi) is 2.83. The Morgan fingerprint density at radius 2 is 2.19 bits per heavy atom. The number of aliphatic hydroxyl groups is 1. The van der Waals surface area contributed by atoms with Crippen LogP contribution in [0.25, 0.3) is 0 Å². The van der Waals surface area contributed by atoms with Crippen molar-refractivity contribution in [2.45, 2.75) is 13.0 Å². The van der Waals surface area contributed by atoms with Crippen molar-refractivity contribution in [1.29, 1.82) is 0 Å². The molecule has 0 aromatic heterocycles. The fraction of sp³-hybridized carbons (Fsp3) is 0.417. The summed E-state index contributed by atoms with van der Waals surface area (Å²) in [4.78, 5) is 13.6. The molecule has 1 aromatic rings. The molecule has 2 rings (SSSR count). The van der Waals surface area contributed by atoms with E-state index in [9.17, 15) is 4.79 Å². The predicted octanol–water partition coefficient (Wildman–Crippen LogP) is 0.853. The molecule has 2 N–H and O–H groups in total. The van der Waals surface area contributed by atoms with Crippen LogP contribution in [-0.2, 0) is 0 Å². The highest BCUT2D eigenvalue weighted by molar-refractivity contribution is 5.95. The first-order valence-electron chi connectivity index (χ1n) is 5.37. The average Bonchev–Trinajstić information content (AvgIpc) is 2.24. The molecule has 4 nitrogen and oxygen atoms in total. The summed E-state index contributed by atoms with van der Waals surface area (Å²) in [5, 5.41) is 12.2. The molecule has 1 fully saturated rings. The van der Waals surface area contributed by atoms with Crippen LogP contribution in [0.2, 0.25) is 0 Å². The SMILES string of the molecule is CNc1ccc(C(=O)N2CC(O)C2)cc1C. The van der Waals surface area contributed by atoms with Crippen molar-refractivity contribution in [3.05, 3.63) is 29.3 Å². The largest absolute Gasteiger partial charge is 0.389 e. The van der Waals surface area contributed by atoms with Gasteiger partial charge in [0.25, 0.3) is 5.91 Å². The molecule has 1 saturated heterocycles. The zero-order valence-corrected chi connectivity index (χ0v) is 9.53. The van der Waals surface area contributed by atoms with E-state index in [0.29, 0.717) is 18.7 Å². The topological polar surface area (TPSA) is 52.6 Å². The quantitative estimate of drug-likeness (QED) is 0.777. The van der Waals surface area contributed by atoms with Crippen molar-refractivity contribution in [1.82, 2.24) is 4.90 Å². The van der Waals surface area contributed by atoms with Gasteiger partial charge < -0.3 is 15.3 Å². The maximum absolute atomic E-state index is 11.9. The molecule has 0 radical (unpaired) electrons. The molecule has 0 spiro atoms. The lowest BCUT2D eigenvalue weighted by atomic mass is 10.1. The van der Waals surface area contributed by atoms with Crippen LogP contribution in [0.3, 0.4) is 0 Å². The second-order valence-corrected chi connectivity index (χ2v) is 4.14. The molecule has 86 valence electrons. The molecule has 0 saturated carbocycles. The van der Waals surface area contributed by atoms with Crippen molar-refractivity contribution in [3.8, 4) is 0 Å². The van der Waals surface area contributed by atoms with Gasteiger partial charge in [0.2, 0.25) is 0 Å². The zero-order valence-electron chi connectivity index (χ0n) is 9.53. The van der Waals surface area contributed by atoms with E-state index in [1.165, 1.54) is 0 Å². The van der Waals surface area contributed by atoms with E-state index >= 15 is 0 Å². The maximum atomic E-state index is 11.9. The molecule has 0 aliphatic carbocycles. The predicted molar refractivity (Wildman–Crippen MR) is 62.6 cm³/mol. The van der Waals surface area contributed by atoms with Gasteiger partial charge in [-0.1, -0.05) is 0 Å². The number of aliphatic hydroxyl groups excluding tert-OH is 1. The van der Waals surface area contributed by atoms with E-state index < -0.39 is 0 Å². The van der Waals surface area contributed by atoms with E-state index in [1.54, 1.807) is 4.90 Å². The molecule has 0 atom stereocenters. The minimum Gasteiger partial charge on any atom is -0.389 e. The van der Waals surface area contributed by atoms with Crippen LogP contribution < -0.4 is 5.32 Å². The van der Waals surface area contributed by atoms with E-state index in [0.717, 1.165) is 11.3 Å². The van der Waals surface area contributed by atoms with Gasteiger partial charge in [-0.05, 0) is 30.7 Å². The first-order valence-corrected chi connectivity index (χ1v) is 5.37. The third-order valence-corrected chi connectivity index (χ3v) is 2.89. The van der Waals surface area contributed by atoms with Crippen LogP contribution in [0.4, 0.5) is 5.69 Å². The number of nitrogens with one attached hydrogen (secondary N) is 1. The van der Waals surface area contributed by atoms with Gasteiger partial charge >= 0.3 is 0 Å². The summed E-state index contributed by atoms with van der Waals surface area (Å²) in [6, 6.07) is 5.59. The second-order valence-electron chi connectivity index (χ2n) is 4.14. The number of carbonyl (C=O) groups is 1. The number of benzene rings is 1. The number of carbonyl (C=O) groups excluding carboxylic acids is 1. The molecule has 1 aliphatic heterocycles. The Morgan fingerprint density at radius 1 is 1.50 bits per heavy atom. The molecule has 0 unspecified atom stereocenters. The monoisotopic (exact) mass is 220 g/mol. The minimum atomic E-state index is -0.346. The van der Waals surface area contributed by atoms with Crippen molar-refractivity contribution in [3.63, 3.8) is 0 Å². The van der Waals surface area contributed by atoms with Crippen LogP contribution >= 0.6 is 0 Å². The van der Waals surface area contributed by atoms with Crippen molar-refractivity contribution >= 4 is 11.6 Å². The third kappa shape index (κ3) is 1.88. The summed E-state index contributed by atoms with van der Waals surface area (Å²) in [5.41, 5.74) is 2.76. The number of rotatable bonds is 2. The first kappa shape index (κ1) is 11.0. The van der Waals surface area contributed by atoms with E-state index in [1.807, 2.05) is 32.2 Å². The lowest BCUT2D eigenvalue weighted by Crippen LogP contribution is -2.53. The summed E-state index contributed by atoms with van der Waals surface area (Å²) in [5.74, 6) is -0.00365. The molecular formula is C12H16N2O2. The van der Waals surface area contributed by atoms with E-state index in [2.05, 4.69) is 5.32 Å². The highest BCUT2D eigenvalue weighted by Gasteiger charge is 2.29. The Hall–Kier alpha value is -1.55. The number of nitrogens with zero attached hydrogens (tertiary/aromatic N) is 1. The maximum Gasteiger partial charge on any atom is 0.254 e. The fourth-order valence-electron chi connectivity index (χ4n) is 1.88. The van der Waals surface area contributed by atoms with Gasteiger partial charge in [-0.3, -0.25) is 4.79 Å². The van der Waals surface area contributed by atoms with Crippen LogP contribution in [0, 0.1) is 6.92 Å². The zero-order chi connectivity index (χ0) is 11.7. The number of anilines is 1. The molecule has 4 heteroatoms. The number of hydrogen-bond acceptors (Lipinski definition) is 3. The Balaban J connectivity index is 2.15. The van der Waals surface area contributed by atoms with Gasteiger partial charge in [0.1, 0.15) is 0 Å². The molecule has 0 bridgehead atoms. The highest BCUT2D eigenvalue weighted by atomic mass is 16.3. The average molecular weight is 220 g/mol. The molecule has 1 aromatic carbocycles. The molecule has 1 aliphatic rings. The van der Waals surface area contributed by atoms with Crippen LogP contribution in [0.5, 0.6) is 0 Å². The van der Waals surface area contributed by atoms with Crippen LogP contribution in [0.1, 0.15) is 15.9 Å². The summed E-state index contributed by atoms with van der Waals surface area (Å²) >= 11 is 0. The summed E-state index contributed by atoms with van der Waals surface area (Å²) < 4.78 is 0. The van der Waals surface area contributed by atoms with E-state index in [-0.39, 0.29) is 12.0 Å². The molecule has 16 heavy (non-hydrogen) atoms. The van der Waals surface area contributed by atoms with Crippen LogP contribution in [0.15, 0.2) is 18.2 Å². The second kappa shape index (κ2) is 4.14. The molecular weight excluding hydrogens is 204 g/mol. The Labute approximate surface area is 94.9 Å². The van der Waals surface area contributed by atoms with Crippen LogP contribution in [-0.4, -0.2) is 42.2 Å². The van der Waals surface area contributed by atoms with Crippen molar-refractivity contribution in [2.24, 2.45) is 0 Å². The van der Waals surface area contributed by atoms with Gasteiger partial charge in [0, 0.05) is 31.4 Å². The lowest BCUT2D eigenvalue weighted by molar-refractivity contribution is 0.00589. The van der Waals surface area contributed by atoms with Gasteiger partial charge in [0.05, 0.1) is 6.10 Å². The number of likely N-dealkylation sites (tertiary alicyclic amines) is 1. The fourth-order valence-corrected chi connectivity index (χ4v) is 1.88. The number of aryl methyl sites for hydroxylation is 1. The number of hydrogen-bond donors (Lipinski definition) is 2. The minimum absolute atomic E-state index is 0.00365. The van der Waals surface area contributed by atoms with Gasteiger partial charge in [-0.2, -0.15) is 0 Å². The highest BCUT2D eigenvalue weighted by Crippen LogP contribution is 2.19. The van der Waals surface area contributed by atoms with Crippen molar-refractivity contribution in [2.75, 3.05) is 25.5 Å². The lowest BCUT2D eigenvalue weighted by Gasteiger charge is -2.35. The van der Waals surface area contributed by atoms with Crippen molar-refractivity contribution < 1.29 is 9.90 Å². The van der Waals surface area contributed by atoms with Gasteiger partial charge in [-0.15, -0.1) is 0 Å².